The van der Waals surface area contributed by atoms with Gasteiger partial charge in [0.05, 0.1) is 11.7 Å². The summed E-state index contributed by atoms with van der Waals surface area (Å²) < 4.78 is 19.2. The minimum Gasteiger partial charge on any atom is -0.414 e. The van der Waals surface area contributed by atoms with Gasteiger partial charge in [-0.2, -0.15) is 0 Å². The summed E-state index contributed by atoms with van der Waals surface area (Å²) >= 11 is 0. The van der Waals surface area contributed by atoms with Gasteiger partial charge < -0.3 is 24.1 Å². The maximum Gasteiger partial charge on any atom is 0.192 e. The zero-order valence-corrected chi connectivity index (χ0v) is 30.0. The van der Waals surface area contributed by atoms with E-state index in [0.717, 1.165) is 25.7 Å². The Hall–Kier alpha value is -0.243. The second-order valence-corrected chi connectivity index (χ2v) is 21.9. The molecule has 0 amide bonds. The Morgan fingerprint density at radius 2 is 1.62 bits per heavy atom. The summed E-state index contributed by atoms with van der Waals surface area (Å²) in [5.41, 5.74) is -0.817. The topological polar surface area (TPSA) is 68.2 Å². The van der Waals surface area contributed by atoms with Crippen LogP contribution in [0, 0.1) is 52.3 Å². The molecule has 0 radical (unpaired) electrons. The molecule has 5 nitrogen and oxygen atoms in total. The largest absolute Gasteiger partial charge is 0.414 e. The lowest BCUT2D eigenvalue weighted by atomic mass is 9.53. The zero-order chi connectivity index (χ0) is 31.5. The van der Waals surface area contributed by atoms with E-state index in [1.807, 2.05) is 6.08 Å². The Morgan fingerprint density at radius 3 is 2.19 bits per heavy atom. The predicted molar refractivity (Wildman–Crippen MR) is 175 cm³/mol. The highest BCUT2D eigenvalue weighted by Gasteiger charge is 2.74. The van der Waals surface area contributed by atoms with E-state index >= 15 is 0 Å². The van der Waals surface area contributed by atoms with Gasteiger partial charge in [-0.25, -0.2) is 0 Å². The molecule has 2 N–H and O–H groups in total. The van der Waals surface area contributed by atoms with Crippen molar-refractivity contribution in [1.29, 1.82) is 0 Å². The molecule has 4 fully saturated rings. The molecule has 0 saturated heterocycles. The third kappa shape index (κ3) is 5.55. The van der Waals surface area contributed by atoms with E-state index in [-0.39, 0.29) is 39.9 Å². The Balaban J connectivity index is 1.64. The summed E-state index contributed by atoms with van der Waals surface area (Å²) in [4.78, 5) is 0. The normalized spacial score (nSPS) is 42.5. The highest BCUT2D eigenvalue weighted by atomic mass is 28.4. The lowest BCUT2D eigenvalue weighted by Gasteiger charge is -2.54. The van der Waals surface area contributed by atoms with Crippen molar-refractivity contribution in [2.45, 2.75) is 148 Å². The van der Waals surface area contributed by atoms with Crippen molar-refractivity contribution >= 4 is 8.32 Å². The number of ether oxygens (including phenoxy) is 2. The standard InChI is InChI=1S/C36H66O5Si/c1-13-23(2)29(37)17-14-24(3)26-15-16-27-30-28(19-20-34(26,27)7)35(8)21-18-25(41-42(11,12)33(4,5)6)22-36(35,38)31(30)32(39-9)40-10/h13,23-32,37-38H,1,14-22H2,2-12H3/t23-,24+,25-,26+,27-,28-,29+,30-,31-,34+,35+,36+/m0/s1. The molecule has 0 unspecified atom stereocenters. The Morgan fingerprint density at radius 1 is 0.976 bits per heavy atom. The minimum atomic E-state index is -1.98. The predicted octanol–water partition coefficient (Wildman–Crippen LogP) is 8.20. The van der Waals surface area contributed by atoms with Crippen LogP contribution in [0.15, 0.2) is 12.7 Å². The van der Waals surface area contributed by atoms with Gasteiger partial charge in [0.25, 0.3) is 0 Å². The first-order valence-corrected chi connectivity index (χ1v) is 20.1. The van der Waals surface area contributed by atoms with E-state index in [9.17, 15) is 10.2 Å². The maximum absolute atomic E-state index is 13.1. The van der Waals surface area contributed by atoms with Crippen LogP contribution in [0.2, 0.25) is 18.1 Å². The number of aliphatic hydroxyl groups is 2. The molecule has 12 atom stereocenters. The van der Waals surface area contributed by atoms with Gasteiger partial charge in [0.1, 0.15) is 0 Å². The van der Waals surface area contributed by atoms with Gasteiger partial charge in [-0.1, -0.05) is 54.5 Å². The average Bonchev–Trinajstić information content (AvgIpc) is 3.36. The first-order valence-electron chi connectivity index (χ1n) is 17.2. The van der Waals surface area contributed by atoms with Gasteiger partial charge in [0.15, 0.2) is 14.6 Å². The lowest BCUT2D eigenvalue weighted by Crippen LogP contribution is -2.58. The summed E-state index contributed by atoms with van der Waals surface area (Å²) in [7, 11) is 1.54. The molecule has 4 aliphatic carbocycles. The van der Waals surface area contributed by atoms with Gasteiger partial charge in [-0.3, -0.25) is 0 Å². The van der Waals surface area contributed by atoms with E-state index in [4.69, 9.17) is 13.9 Å². The fourth-order valence-corrected chi connectivity index (χ4v) is 12.0. The molecule has 0 bridgehead atoms. The van der Waals surface area contributed by atoms with E-state index in [0.29, 0.717) is 36.0 Å². The number of aliphatic hydroxyl groups excluding tert-OH is 1. The van der Waals surface area contributed by atoms with Crippen molar-refractivity contribution in [2.75, 3.05) is 14.2 Å². The molecule has 6 heteroatoms. The van der Waals surface area contributed by atoms with Crippen molar-refractivity contribution < 1.29 is 24.1 Å². The van der Waals surface area contributed by atoms with Gasteiger partial charge >= 0.3 is 0 Å². The quantitative estimate of drug-likeness (QED) is 0.141. The molecule has 4 aliphatic rings. The molecule has 244 valence electrons. The van der Waals surface area contributed by atoms with Crippen molar-refractivity contribution in [3.63, 3.8) is 0 Å². The van der Waals surface area contributed by atoms with Gasteiger partial charge in [-0.05, 0) is 110 Å². The highest BCUT2D eigenvalue weighted by Crippen LogP contribution is 2.74. The second kappa shape index (κ2) is 12.2. The fraction of sp³-hybridized carbons (Fsp3) is 0.944. The van der Waals surface area contributed by atoms with E-state index < -0.39 is 20.2 Å². The smallest absolute Gasteiger partial charge is 0.192 e. The summed E-state index contributed by atoms with van der Waals surface area (Å²) in [6.45, 7) is 24.9. The summed E-state index contributed by atoms with van der Waals surface area (Å²) in [5.74, 6) is 2.65. The number of hydrogen-bond donors (Lipinski definition) is 2. The van der Waals surface area contributed by atoms with E-state index in [1.54, 1.807) is 14.2 Å². The summed E-state index contributed by atoms with van der Waals surface area (Å²) in [5, 5.41) is 23.9. The van der Waals surface area contributed by atoms with Crippen LogP contribution in [0.25, 0.3) is 0 Å². The Kier molecular flexibility index (Phi) is 10.0. The highest BCUT2D eigenvalue weighted by molar-refractivity contribution is 6.74. The zero-order valence-electron chi connectivity index (χ0n) is 29.0. The third-order valence-corrected chi connectivity index (χ3v) is 18.8. The van der Waals surface area contributed by atoms with E-state index in [2.05, 4.69) is 68.1 Å². The first kappa shape index (κ1) is 34.6. The molecule has 0 aliphatic heterocycles. The average molecular weight is 607 g/mol. The lowest BCUT2D eigenvalue weighted by molar-refractivity contribution is -0.225. The number of fused-ring (bicyclic) bond motifs is 5. The number of hydrogen-bond acceptors (Lipinski definition) is 5. The fourth-order valence-electron chi connectivity index (χ4n) is 10.7. The SMILES string of the molecule is C=C[C@H](C)[C@H](O)CC[C@@H](C)[C@H]1CC[C@H]2[C@@H]3[C@@H](C(OC)OC)[C@]4(O)C[C@@H](O[Si](C)(C)C(C)(C)C)CC[C@]4(C)[C@H]3CC[C@]12C. The van der Waals surface area contributed by atoms with Crippen LogP contribution in [-0.4, -0.2) is 56.8 Å². The summed E-state index contributed by atoms with van der Waals surface area (Å²) in [6, 6.07) is 0. The van der Waals surface area contributed by atoms with Crippen LogP contribution in [0.3, 0.4) is 0 Å². The molecule has 0 heterocycles. The molecule has 0 spiro atoms. The maximum atomic E-state index is 13.1. The van der Waals surface area contributed by atoms with Crippen LogP contribution in [-0.2, 0) is 13.9 Å². The molecule has 0 aromatic rings. The molecule has 4 saturated carbocycles. The third-order valence-electron chi connectivity index (χ3n) is 14.3. The van der Waals surface area contributed by atoms with Crippen LogP contribution in [0.5, 0.6) is 0 Å². The van der Waals surface area contributed by atoms with Crippen molar-refractivity contribution in [1.82, 2.24) is 0 Å². The van der Waals surface area contributed by atoms with Gasteiger partial charge in [-0.15, -0.1) is 6.58 Å². The summed E-state index contributed by atoms with van der Waals surface area (Å²) in [6.07, 6.45) is 10.7. The molecule has 0 aromatic heterocycles. The first-order chi connectivity index (χ1) is 19.4. The van der Waals surface area contributed by atoms with Crippen molar-refractivity contribution in [3.05, 3.63) is 12.7 Å². The molecule has 42 heavy (non-hydrogen) atoms. The van der Waals surface area contributed by atoms with Crippen molar-refractivity contribution in [2.24, 2.45) is 52.3 Å². The molecule has 0 aromatic carbocycles. The second-order valence-electron chi connectivity index (χ2n) is 17.2. The number of rotatable bonds is 11. The van der Waals surface area contributed by atoms with Crippen LogP contribution in [0.1, 0.15) is 106 Å². The Labute approximate surface area is 259 Å². The number of methoxy groups -OCH3 is 2. The van der Waals surface area contributed by atoms with Gasteiger partial charge in [0, 0.05) is 38.1 Å². The van der Waals surface area contributed by atoms with Crippen LogP contribution in [0.4, 0.5) is 0 Å². The van der Waals surface area contributed by atoms with E-state index in [1.165, 1.54) is 25.7 Å². The Bertz CT molecular complexity index is 944. The minimum absolute atomic E-state index is 0.0674. The molecular weight excluding hydrogens is 540 g/mol. The monoisotopic (exact) mass is 606 g/mol. The van der Waals surface area contributed by atoms with Crippen LogP contribution >= 0.6 is 0 Å². The van der Waals surface area contributed by atoms with Crippen LogP contribution < -0.4 is 0 Å². The molecule has 4 rings (SSSR count). The van der Waals surface area contributed by atoms with Gasteiger partial charge in [0.2, 0.25) is 0 Å². The molecular formula is C36H66O5Si. The van der Waals surface area contributed by atoms with Crippen molar-refractivity contribution in [3.8, 4) is 0 Å².